The van der Waals surface area contributed by atoms with Gasteiger partial charge in [-0.15, -0.1) is 0 Å². The SMILES string of the molecule is C=C(CC(c1ccccc1)c1ccccc1)c1ccc(-c2ccccn2)cc1.[HH]. The van der Waals surface area contributed by atoms with Gasteiger partial charge in [-0.05, 0) is 40.8 Å². The van der Waals surface area contributed by atoms with Crippen molar-refractivity contribution in [2.24, 2.45) is 0 Å². The van der Waals surface area contributed by atoms with E-state index in [0.29, 0.717) is 5.92 Å². The Balaban J connectivity index is 0.00000240. The van der Waals surface area contributed by atoms with Crippen LogP contribution in [0.15, 0.2) is 116 Å². The second-order valence-electron chi connectivity index (χ2n) is 6.97. The summed E-state index contributed by atoms with van der Waals surface area (Å²) < 4.78 is 0. The summed E-state index contributed by atoms with van der Waals surface area (Å²) in [6.45, 7) is 4.40. The Morgan fingerprint density at radius 1 is 0.714 bits per heavy atom. The Morgan fingerprint density at radius 3 is 1.82 bits per heavy atom. The number of nitrogens with zero attached hydrogens (tertiary/aromatic N) is 1. The van der Waals surface area contributed by atoms with Crippen molar-refractivity contribution in [3.8, 4) is 11.3 Å². The zero-order chi connectivity index (χ0) is 19.2. The van der Waals surface area contributed by atoms with Gasteiger partial charge in [-0.2, -0.15) is 0 Å². The van der Waals surface area contributed by atoms with Crippen LogP contribution in [0.4, 0.5) is 0 Å². The highest BCUT2D eigenvalue weighted by Crippen LogP contribution is 2.34. The third kappa shape index (κ3) is 4.10. The molecule has 0 aliphatic heterocycles. The van der Waals surface area contributed by atoms with Crippen molar-refractivity contribution >= 4 is 5.57 Å². The molecule has 1 aromatic heterocycles. The van der Waals surface area contributed by atoms with E-state index in [-0.39, 0.29) is 1.43 Å². The molecule has 0 spiro atoms. The fraction of sp³-hybridized carbons (Fsp3) is 0.0741. The van der Waals surface area contributed by atoms with Crippen LogP contribution in [0.1, 0.15) is 30.5 Å². The summed E-state index contributed by atoms with van der Waals surface area (Å²) in [5, 5.41) is 0. The van der Waals surface area contributed by atoms with Gasteiger partial charge in [0, 0.05) is 19.1 Å². The molecule has 0 saturated heterocycles. The molecule has 0 unspecified atom stereocenters. The molecule has 0 atom stereocenters. The first-order valence-electron chi connectivity index (χ1n) is 9.61. The average Bonchev–Trinajstić information content (AvgIpc) is 2.79. The zero-order valence-electron chi connectivity index (χ0n) is 15.8. The van der Waals surface area contributed by atoms with Crippen LogP contribution >= 0.6 is 0 Å². The highest BCUT2D eigenvalue weighted by molar-refractivity contribution is 5.68. The molecular formula is C27H25N. The second kappa shape index (κ2) is 8.49. The first kappa shape index (κ1) is 17.9. The lowest BCUT2D eigenvalue weighted by Crippen LogP contribution is -2.02. The highest BCUT2D eigenvalue weighted by Gasteiger charge is 2.16. The van der Waals surface area contributed by atoms with Gasteiger partial charge in [-0.3, -0.25) is 4.98 Å². The van der Waals surface area contributed by atoms with Crippen LogP contribution in [-0.2, 0) is 0 Å². The van der Waals surface area contributed by atoms with Crippen molar-refractivity contribution in [1.82, 2.24) is 4.98 Å². The predicted octanol–water partition coefficient (Wildman–Crippen LogP) is 7.23. The Morgan fingerprint density at radius 2 is 1.29 bits per heavy atom. The summed E-state index contributed by atoms with van der Waals surface area (Å²) in [5.74, 6) is 0.297. The van der Waals surface area contributed by atoms with Gasteiger partial charge < -0.3 is 0 Å². The van der Waals surface area contributed by atoms with E-state index in [1.165, 1.54) is 16.7 Å². The molecule has 0 fully saturated rings. The van der Waals surface area contributed by atoms with E-state index in [9.17, 15) is 0 Å². The second-order valence-corrected chi connectivity index (χ2v) is 6.97. The topological polar surface area (TPSA) is 12.9 Å². The summed E-state index contributed by atoms with van der Waals surface area (Å²) >= 11 is 0. The lowest BCUT2D eigenvalue weighted by molar-refractivity contribution is 0.842. The fourth-order valence-electron chi connectivity index (χ4n) is 3.57. The van der Waals surface area contributed by atoms with Crippen molar-refractivity contribution in [1.29, 1.82) is 0 Å². The Bertz CT molecular complexity index is 987. The summed E-state index contributed by atoms with van der Waals surface area (Å²) in [6.07, 6.45) is 2.71. The van der Waals surface area contributed by atoms with Crippen molar-refractivity contribution in [2.45, 2.75) is 12.3 Å². The predicted molar refractivity (Wildman–Crippen MR) is 120 cm³/mol. The lowest BCUT2D eigenvalue weighted by Gasteiger charge is -2.20. The smallest absolute Gasteiger partial charge is 0.0701 e. The maximum absolute atomic E-state index is 4.43. The van der Waals surface area contributed by atoms with Crippen molar-refractivity contribution < 1.29 is 1.43 Å². The van der Waals surface area contributed by atoms with Gasteiger partial charge in [0.2, 0.25) is 0 Å². The van der Waals surface area contributed by atoms with Crippen LogP contribution in [0.3, 0.4) is 0 Å². The molecular weight excluding hydrogens is 338 g/mol. The molecule has 0 amide bonds. The van der Waals surface area contributed by atoms with Gasteiger partial charge in [0.1, 0.15) is 0 Å². The minimum absolute atomic E-state index is 0. The normalized spacial score (nSPS) is 10.8. The molecule has 0 bridgehead atoms. The number of pyridine rings is 1. The van der Waals surface area contributed by atoms with E-state index >= 15 is 0 Å². The number of benzene rings is 3. The Kier molecular flexibility index (Phi) is 5.44. The minimum Gasteiger partial charge on any atom is -0.256 e. The number of hydrogen-bond donors (Lipinski definition) is 0. The fourth-order valence-corrected chi connectivity index (χ4v) is 3.57. The highest BCUT2D eigenvalue weighted by atomic mass is 14.7. The van der Waals surface area contributed by atoms with E-state index < -0.39 is 0 Å². The van der Waals surface area contributed by atoms with E-state index in [1.54, 1.807) is 0 Å². The summed E-state index contributed by atoms with van der Waals surface area (Å²) in [6, 6.07) is 35.9. The summed E-state index contributed by atoms with van der Waals surface area (Å²) in [7, 11) is 0. The molecule has 0 N–H and O–H groups in total. The van der Waals surface area contributed by atoms with Gasteiger partial charge in [0.25, 0.3) is 0 Å². The van der Waals surface area contributed by atoms with Crippen LogP contribution in [0, 0.1) is 0 Å². The molecule has 0 saturated carbocycles. The van der Waals surface area contributed by atoms with Crippen LogP contribution < -0.4 is 0 Å². The quantitative estimate of drug-likeness (QED) is 0.352. The summed E-state index contributed by atoms with van der Waals surface area (Å²) in [4.78, 5) is 4.43. The standard InChI is InChI=1S/C27H23N.H2/c1-21(22-15-17-25(18-16-22)27-14-8-9-19-28-27)20-26(23-10-4-2-5-11-23)24-12-6-3-7-13-24;/h2-19,26H,1,20H2;1H. The third-order valence-electron chi connectivity index (χ3n) is 5.11. The molecule has 28 heavy (non-hydrogen) atoms. The maximum atomic E-state index is 4.43. The zero-order valence-corrected chi connectivity index (χ0v) is 15.8. The van der Waals surface area contributed by atoms with Crippen LogP contribution in [0.25, 0.3) is 16.8 Å². The van der Waals surface area contributed by atoms with Crippen molar-refractivity contribution in [3.63, 3.8) is 0 Å². The third-order valence-corrected chi connectivity index (χ3v) is 5.11. The first-order chi connectivity index (χ1) is 13.8. The molecule has 3 aromatic carbocycles. The molecule has 1 nitrogen and oxygen atoms in total. The molecule has 4 aromatic rings. The number of rotatable bonds is 6. The van der Waals surface area contributed by atoms with Gasteiger partial charge in [-0.25, -0.2) is 0 Å². The van der Waals surface area contributed by atoms with Gasteiger partial charge in [0.05, 0.1) is 5.69 Å². The lowest BCUT2D eigenvalue weighted by atomic mass is 9.84. The van der Waals surface area contributed by atoms with Gasteiger partial charge >= 0.3 is 0 Å². The van der Waals surface area contributed by atoms with Crippen molar-refractivity contribution in [3.05, 3.63) is 133 Å². The molecule has 1 heterocycles. The minimum atomic E-state index is 0. The average molecular weight is 364 g/mol. The Labute approximate surface area is 168 Å². The number of allylic oxidation sites excluding steroid dienone is 1. The molecule has 0 aliphatic rings. The number of aromatic nitrogens is 1. The maximum Gasteiger partial charge on any atom is 0.0701 e. The first-order valence-corrected chi connectivity index (χ1v) is 9.61. The Hall–Kier alpha value is -3.45. The van der Waals surface area contributed by atoms with Crippen LogP contribution in [-0.4, -0.2) is 4.98 Å². The van der Waals surface area contributed by atoms with E-state index in [2.05, 4.69) is 96.5 Å². The van der Waals surface area contributed by atoms with Crippen LogP contribution in [0.5, 0.6) is 0 Å². The van der Waals surface area contributed by atoms with E-state index in [4.69, 9.17) is 0 Å². The monoisotopic (exact) mass is 363 g/mol. The molecule has 0 radical (unpaired) electrons. The molecule has 1 heteroatoms. The molecule has 0 aliphatic carbocycles. The van der Waals surface area contributed by atoms with Gasteiger partial charge in [-0.1, -0.05) is 97.6 Å². The van der Waals surface area contributed by atoms with Crippen molar-refractivity contribution in [2.75, 3.05) is 0 Å². The van der Waals surface area contributed by atoms with Gasteiger partial charge in [0.15, 0.2) is 0 Å². The molecule has 4 rings (SSSR count). The van der Waals surface area contributed by atoms with E-state index in [1.807, 2.05) is 24.4 Å². The largest absolute Gasteiger partial charge is 0.256 e. The van der Waals surface area contributed by atoms with Crippen LogP contribution in [0.2, 0.25) is 0 Å². The molecule has 138 valence electrons. The number of hydrogen-bond acceptors (Lipinski definition) is 1. The summed E-state index contributed by atoms with van der Waals surface area (Å²) in [5.41, 5.74) is 7.08. The van der Waals surface area contributed by atoms with E-state index in [0.717, 1.165) is 23.3 Å².